The van der Waals surface area contributed by atoms with Gasteiger partial charge in [-0.3, -0.25) is 9.58 Å². The van der Waals surface area contributed by atoms with Crippen LogP contribution in [-0.4, -0.2) is 58.2 Å². The maximum atomic E-state index is 12.8. The van der Waals surface area contributed by atoms with Crippen LogP contribution < -0.4 is 4.74 Å². The molecule has 0 radical (unpaired) electrons. The number of halogens is 3. The zero-order chi connectivity index (χ0) is 25.3. The van der Waals surface area contributed by atoms with Gasteiger partial charge in [-0.2, -0.15) is 18.3 Å². The number of rotatable bonds is 6. The molecular weight excluding hydrogens is 471 g/mol. The molecule has 1 fully saturated rings. The van der Waals surface area contributed by atoms with E-state index in [4.69, 9.17) is 9.47 Å². The molecule has 0 spiro atoms. The van der Waals surface area contributed by atoms with Crippen LogP contribution in [0.2, 0.25) is 0 Å². The third-order valence-corrected chi connectivity index (χ3v) is 6.84. The number of aromatic nitrogens is 2. The van der Waals surface area contributed by atoms with E-state index in [1.165, 1.54) is 6.07 Å². The number of morpholine rings is 1. The molecule has 2 aliphatic rings. The van der Waals surface area contributed by atoms with Gasteiger partial charge < -0.3 is 9.47 Å². The lowest BCUT2D eigenvalue weighted by Gasteiger charge is -2.47. The molecule has 36 heavy (non-hydrogen) atoms. The molecule has 0 saturated carbocycles. The summed E-state index contributed by atoms with van der Waals surface area (Å²) in [4.78, 5) is 13.9. The maximum absolute atomic E-state index is 12.8. The number of hydrogen-bond donors (Lipinski definition) is 0. The Bertz CT molecular complexity index is 1210. The number of carbonyl (C=O) groups excluding carboxylic acids is 1. The number of benzene rings is 2. The van der Waals surface area contributed by atoms with Crippen molar-refractivity contribution < 1.29 is 27.4 Å². The Labute approximate surface area is 207 Å². The van der Waals surface area contributed by atoms with E-state index in [0.29, 0.717) is 24.9 Å². The van der Waals surface area contributed by atoms with Gasteiger partial charge >= 0.3 is 12.1 Å². The molecule has 2 aromatic carbocycles. The molecule has 0 unspecified atom stereocenters. The summed E-state index contributed by atoms with van der Waals surface area (Å²) in [7, 11) is 0. The third kappa shape index (κ3) is 5.17. The monoisotopic (exact) mass is 499 g/mol. The molecular formula is C27H28F3N3O3. The van der Waals surface area contributed by atoms with E-state index >= 15 is 0 Å². The van der Waals surface area contributed by atoms with Crippen LogP contribution in [0, 0.1) is 0 Å². The Hall–Kier alpha value is -3.17. The minimum Gasteiger partial charge on any atom is -0.420 e. The van der Waals surface area contributed by atoms with E-state index in [2.05, 4.69) is 16.9 Å². The van der Waals surface area contributed by atoms with Crippen LogP contribution in [0.3, 0.4) is 0 Å². The van der Waals surface area contributed by atoms with E-state index in [-0.39, 0.29) is 24.0 Å². The summed E-state index contributed by atoms with van der Waals surface area (Å²) in [5.41, 5.74) is 3.62. The number of esters is 1. The predicted octanol–water partition coefficient (Wildman–Crippen LogP) is 4.66. The maximum Gasteiger partial charge on any atom is 0.491 e. The van der Waals surface area contributed by atoms with Crippen molar-refractivity contribution in [1.82, 2.24) is 14.7 Å². The second-order valence-electron chi connectivity index (χ2n) is 9.37. The Balaban J connectivity index is 1.35. The molecule has 0 N–H and O–H groups in total. The van der Waals surface area contributed by atoms with Crippen molar-refractivity contribution in [1.29, 1.82) is 0 Å². The normalized spacial score (nSPS) is 22.1. The molecule has 3 atom stereocenters. The average Bonchev–Trinajstić information content (AvgIpc) is 3.32. The summed E-state index contributed by atoms with van der Waals surface area (Å²) in [5.74, 6) is -2.25. The molecule has 6 nitrogen and oxygen atoms in total. The smallest absolute Gasteiger partial charge is 0.420 e. The Morgan fingerprint density at radius 1 is 1.11 bits per heavy atom. The summed E-state index contributed by atoms with van der Waals surface area (Å²) in [6.07, 6.45) is 0.420. The first-order chi connectivity index (χ1) is 17.3. The highest BCUT2D eigenvalue weighted by Crippen LogP contribution is 2.36. The van der Waals surface area contributed by atoms with Crippen LogP contribution in [-0.2, 0) is 28.9 Å². The first-order valence-corrected chi connectivity index (χ1v) is 12.2. The van der Waals surface area contributed by atoms with E-state index < -0.39 is 12.1 Å². The van der Waals surface area contributed by atoms with Crippen molar-refractivity contribution in [2.24, 2.45) is 0 Å². The quantitative estimate of drug-likeness (QED) is 0.365. The summed E-state index contributed by atoms with van der Waals surface area (Å²) in [5, 5.41) is 4.52. The highest BCUT2D eigenvalue weighted by Gasteiger charge is 2.44. The van der Waals surface area contributed by atoms with Gasteiger partial charge in [0.15, 0.2) is 0 Å². The highest BCUT2D eigenvalue weighted by atomic mass is 19.4. The number of fused-ring (bicyclic) bond motifs is 2. The SMILES string of the molecule is CCCN1C[C@@H](Cn2cc(-c3ccccc3)cn2)O[C@@H]2Cc3c(cccc3OC(=O)C(F)(F)F)C[C@H]21. The molecule has 9 heteroatoms. The first kappa shape index (κ1) is 24.5. The van der Waals surface area contributed by atoms with Gasteiger partial charge in [0, 0.05) is 36.3 Å². The topological polar surface area (TPSA) is 56.6 Å². The zero-order valence-electron chi connectivity index (χ0n) is 19.9. The largest absolute Gasteiger partial charge is 0.491 e. The molecule has 1 aromatic heterocycles. The summed E-state index contributed by atoms with van der Waals surface area (Å²) < 4.78 is 51.6. The Morgan fingerprint density at radius 3 is 2.67 bits per heavy atom. The third-order valence-electron chi connectivity index (χ3n) is 6.84. The van der Waals surface area contributed by atoms with Crippen molar-refractivity contribution in [3.8, 4) is 16.9 Å². The summed E-state index contributed by atoms with van der Waals surface area (Å²) >= 11 is 0. The Kier molecular flexibility index (Phi) is 6.85. The molecule has 5 rings (SSSR count). The fourth-order valence-corrected chi connectivity index (χ4v) is 5.27. The van der Waals surface area contributed by atoms with E-state index in [1.54, 1.807) is 6.07 Å². The van der Waals surface area contributed by atoms with Crippen LogP contribution in [0.4, 0.5) is 13.2 Å². The van der Waals surface area contributed by atoms with Crippen LogP contribution >= 0.6 is 0 Å². The first-order valence-electron chi connectivity index (χ1n) is 12.2. The number of carbonyl (C=O) groups is 1. The predicted molar refractivity (Wildman–Crippen MR) is 128 cm³/mol. The summed E-state index contributed by atoms with van der Waals surface area (Å²) in [6, 6.07) is 15.1. The second-order valence-corrected chi connectivity index (χ2v) is 9.37. The van der Waals surface area contributed by atoms with Crippen molar-refractivity contribution in [2.75, 3.05) is 13.1 Å². The fraction of sp³-hybridized carbons (Fsp3) is 0.407. The molecule has 1 aliphatic heterocycles. The van der Waals surface area contributed by atoms with Gasteiger partial charge in [0.2, 0.25) is 0 Å². The lowest BCUT2D eigenvalue weighted by Crippen LogP contribution is -2.58. The van der Waals surface area contributed by atoms with Gasteiger partial charge in [0.1, 0.15) is 5.75 Å². The van der Waals surface area contributed by atoms with Gasteiger partial charge in [-0.25, -0.2) is 4.79 Å². The van der Waals surface area contributed by atoms with Gasteiger partial charge in [0.25, 0.3) is 0 Å². The molecule has 1 aliphatic carbocycles. The Morgan fingerprint density at radius 2 is 1.92 bits per heavy atom. The van der Waals surface area contributed by atoms with Gasteiger partial charge in [-0.05, 0) is 36.6 Å². The van der Waals surface area contributed by atoms with Crippen molar-refractivity contribution in [3.05, 3.63) is 72.1 Å². The van der Waals surface area contributed by atoms with Crippen molar-refractivity contribution >= 4 is 5.97 Å². The molecule has 0 amide bonds. The fourth-order valence-electron chi connectivity index (χ4n) is 5.27. The standard InChI is InChI=1S/C27H28F3N3O3/c1-2-11-32-16-21(17-33-15-20(14-31-33)18-7-4-3-5-8-18)35-25-13-22-19(12-23(25)32)9-6-10-24(22)36-26(34)27(28,29)30/h3-10,14-15,21,23,25H,2,11-13,16-17H2,1H3/t21-,23+,25+/m0/s1. The van der Waals surface area contributed by atoms with Gasteiger partial charge in [-0.1, -0.05) is 49.4 Å². The van der Waals surface area contributed by atoms with E-state index in [1.807, 2.05) is 53.5 Å². The highest BCUT2D eigenvalue weighted by molar-refractivity contribution is 5.78. The van der Waals surface area contributed by atoms with Crippen LogP contribution in [0.25, 0.3) is 11.1 Å². The number of alkyl halides is 3. The molecule has 0 bridgehead atoms. The van der Waals surface area contributed by atoms with Crippen LogP contribution in [0.1, 0.15) is 24.5 Å². The lowest BCUT2D eigenvalue weighted by atomic mass is 9.83. The molecule has 2 heterocycles. The van der Waals surface area contributed by atoms with Gasteiger partial charge in [-0.15, -0.1) is 0 Å². The molecule has 1 saturated heterocycles. The van der Waals surface area contributed by atoms with Crippen LogP contribution in [0.15, 0.2) is 60.9 Å². The lowest BCUT2D eigenvalue weighted by molar-refractivity contribution is -0.189. The minimum atomic E-state index is -5.05. The average molecular weight is 500 g/mol. The van der Waals surface area contributed by atoms with E-state index in [0.717, 1.165) is 36.2 Å². The van der Waals surface area contributed by atoms with Crippen molar-refractivity contribution in [3.63, 3.8) is 0 Å². The van der Waals surface area contributed by atoms with Gasteiger partial charge in [0.05, 0.1) is 24.9 Å². The van der Waals surface area contributed by atoms with E-state index in [9.17, 15) is 18.0 Å². The minimum absolute atomic E-state index is 0.0411. The van der Waals surface area contributed by atoms with Crippen molar-refractivity contribution in [2.45, 2.75) is 57.2 Å². The zero-order valence-corrected chi connectivity index (χ0v) is 19.9. The summed E-state index contributed by atoms with van der Waals surface area (Å²) in [6.45, 7) is 4.33. The number of ether oxygens (including phenoxy) is 2. The number of hydrogen-bond acceptors (Lipinski definition) is 5. The number of nitrogens with zero attached hydrogens (tertiary/aromatic N) is 3. The molecule has 3 aromatic rings. The van der Waals surface area contributed by atoms with Crippen LogP contribution in [0.5, 0.6) is 5.75 Å². The molecule has 190 valence electrons. The second kappa shape index (κ2) is 10.1.